The van der Waals surface area contributed by atoms with E-state index in [2.05, 4.69) is 17.4 Å². The summed E-state index contributed by atoms with van der Waals surface area (Å²) in [6, 6.07) is 12.3. The Balaban J connectivity index is 1.44. The minimum absolute atomic E-state index is 0.0416. The Morgan fingerprint density at radius 1 is 1.24 bits per heavy atom. The molecule has 152 valence electrons. The van der Waals surface area contributed by atoms with Crippen molar-refractivity contribution in [1.82, 2.24) is 15.1 Å². The summed E-state index contributed by atoms with van der Waals surface area (Å²) in [4.78, 5) is 38.6. The number of piperidine rings is 1. The van der Waals surface area contributed by atoms with Gasteiger partial charge in [-0.2, -0.15) is 5.26 Å². The Hall–Kier alpha value is -2.79. The first-order valence-corrected chi connectivity index (χ1v) is 10.7. The van der Waals surface area contributed by atoms with Crippen molar-refractivity contribution in [2.45, 2.75) is 19.3 Å². The van der Waals surface area contributed by atoms with E-state index >= 15 is 0 Å². The molecule has 3 amide bonds. The molecule has 0 spiro atoms. The maximum Gasteiger partial charge on any atom is 0.288 e. The molecule has 3 rings (SSSR count). The summed E-state index contributed by atoms with van der Waals surface area (Å²) in [5, 5.41) is 12.0. The molecule has 7 nitrogen and oxygen atoms in total. The van der Waals surface area contributed by atoms with Crippen LogP contribution in [-0.4, -0.2) is 58.8 Å². The molecule has 1 aromatic rings. The molecule has 0 radical (unpaired) electrons. The number of carbonyl (C=O) groups excluding carboxylic acids is 3. The molecule has 2 heterocycles. The van der Waals surface area contributed by atoms with Gasteiger partial charge in [0.2, 0.25) is 5.91 Å². The monoisotopic (exact) mass is 412 g/mol. The second-order valence-corrected chi connectivity index (χ2v) is 8.08. The number of rotatable bonds is 7. The lowest BCUT2D eigenvalue weighted by Crippen LogP contribution is -2.40. The summed E-state index contributed by atoms with van der Waals surface area (Å²) >= 11 is 0.988. The number of benzene rings is 1. The van der Waals surface area contributed by atoms with Crippen molar-refractivity contribution in [1.29, 1.82) is 5.26 Å². The Kier molecular flexibility index (Phi) is 7.30. The van der Waals surface area contributed by atoms with Crippen molar-refractivity contribution >= 4 is 28.8 Å². The number of nitrogens with one attached hydrogen (secondary N) is 1. The molecule has 1 aromatic carbocycles. The van der Waals surface area contributed by atoms with Gasteiger partial charge in [-0.3, -0.25) is 19.3 Å². The minimum Gasteiger partial charge on any atom is -0.388 e. The topological polar surface area (TPSA) is 93.5 Å². The standard InChI is InChI=1S/C21H24N4O3S/c22-13-18(14-23-8-11-25-19(26)15-29-21(25)28)20(27)24-9-6-17(7-10-24)12-16-4-2-1-3-5-16/h1-5,14,17,23H,6-12,15H2/b18-14-. The van der Waals surface area contributed by atoms with Crippen LogP contribution in [0.15, 0.2) is 42.1 Å². The van der Waals surface area contributed by atoms with Gasteiger partial charge in [-0.15, -0.1) is 0 Å². The van der Waals surface area contributed by atoms with Gasteiger partial charge in [0.25, 0.3) is 11.1 Å². The molecule has 0 aliphatic carbocycles. The molecule has 2 saturated heterocycles. The smallest absolute Gasteiger partial charge is 0.288 e. The zero-order valence-corrected chi connectivity index (χ0v) is 17.0. The molecule has 2 fully saturated rings. The quantitative estimate of drug-likeness (QED) is 0.419. The number of hydrogen-bond donors (Lipinski definition) is 1. The van der Waals surface area contributed by atoms with Crippen LogP contribution < -0.4 is 5.32 Å². The van der Waals surface area contributed by atoms with E-state index in [9.17, 15) is 19.6 Å². The summed E-state index contributed by atoms with van der Waals surface area (Å²) in [7, 11) is 0. The Morgan fingerprint density at radius 2 is 1.97 bits per heavy atom. The van der Waals surface area contributed by atoms with Crippen LogP contribution in [0.4, 0.5) is 4.79 Å². The van der Waals surface area contributed by atoms with Crippen LogP contribution in [0.5, 0.6) is 0 Å². The molecule has 1 N–H and O–H groups in total. The van der Waals surface area contributed by atoms with Crippen LogP contribution >= 0.6 is 11.8 Å². The summed E-state index contributed by atoms with van der Waals surface area (Å²) in [6.07, 6.45) is 4.24. The first-order valence-electron chi connectivity index (χ1n) is 9.72. The van der Waals surface area contributed by atoms with Crippen LogP contribution in [-0.2, 0) is 16.0 Å². The Labute approximate surface area is 174 Å². The number of carbonyl (C=O) groups is 3. The number of imide groups is 1. The molecule has 8 heteroatoms. The van der Waals surface area contributed by atoms with Crippen molar-refractivity contribution in [3.8, 4) is 6.07 Å². The number of thioether (sulfide) groups is 1. The highest BCUT2D eigenvalue weighted by Crippen LogP contribution is 2.22. The van der Waals surface area contributed by atoms with Gasteiger partial charge in [-0.25, -0.2) is 0 Å². The second kappa shape index (κ2) is 10.1. The van der Waals surface area contributed by atoms with Gasteiger partial charge < -0.3 is 10.2 Å². The fraction of sp³-hybridized carbons (Fsp3) is 0.429. The predicted molar refractivity (Wildman–Crippen MR) is 111 cm³/mol. The minimum atomic E-state index is -0.276. The van der Waals surface area contributed by atoms with Crippen molar-refractivity contribution in [2.75, 3.05) is 31.9 Å². The number of nitriles is 1. The maximum absolute atomic E-state index is 12.6. The van der Waals surface area contributed by atoms with Gasteiger partial charge in [0.15, 0.2) is 0 Å². The first kappa shape index (κ1) is 20.9. The average molecular weight is 413 g/mol. The lowest BCUT2D eigenvalue weighted by Gasteiger charge is -2.32. The van der Waals surface area contributed by atoms with Crippen LogP contribution in [0.1, 0.15) is 18.4 Å². The fourth-order valence-electron chi connectivity index (χ4n) is 3.55. The predicted octanol–water partition coefficient (Wildman–Crippen LogP) is 2.16. The van der Waals surface area contributed by atoms with E-state index in [4.69, 9.17) is 0 Å². The zero-order chi connectivity index (χ0) is 20.6. The van der Waals surface area contributed by atoms with Crippen molar-refractivity contribution in [3.05, 3.63) is 47.7 Å². The van der Waals surface area contributed by atoms with Crippen LogP contribution in [0, 0.1) is 17.2 Å². The van der Waals surface area contributed by atoms with E-state index in [-0.39, 0.29) is 34.9 Å². The number of nitrogens with zero attached hydrogens (tertiary/aromatic N) is 3. The third-order valence-electron chi connectivity index (χ3n) is 5.19. The molecule has 2 aliphatic rings. The highest BCUT2D eigenvalue weighted by molar-refractivity contribution is 8.14. The van der Waals surface area contributed by atoms with Crippen molar-refractivity contribution in [3.63, 3.8) is 0 Å². The summed E-state index contributed by atoms with van der Waals surface area (Å²) < 4.78 is 0. The highest BCUT2D eigenvalue weighted by atomic mass is 32.2. The van der Waals surface area contributed by atoms with Crippen molar-refractivity contribution in [2.24, 2.45) is 5.92 Å². The number of amides is 3. The molecule has 0 saturated carbocycles. The molecular formula is C21H24N4O3S. The molecule has 2 aliphatic heterocycles. The van der Waals surface area contributed by atoms with Gasteiger partial charge in [-0.05, 0) is 30.7 Å². The van der Waals surface area contributed by atoms with E-state index in [0.717, 1.165) is 31.0 Å². The van der Waals surface area contributed by atoms with Crippen LogP contribution in [0.2, 0.25) is 0 Å². The molecule has 0 atom stereocenters. The molecular weight excluding hydrogens is 388 g/mol. The first-order chi connectivity index (χ1) is 14.1. The largest absolute Gasteiger partial charge is 0.388 e. The second-order valence-electron chi connectivity index (χ2n) is 7.15. The van der Waals surface area contributed by atoms with Gasteiger partial charge in [-0.1, -0.05) is 42.1 Å². The normalized spacial score (nSPS) is 18.1. The summed E-state index contributed by atoms with van der Waals surface area (Å²) in [6.45, 7) is 1.81. The van der Waals surface area contributed by atoms with E-state index < -0.39 is 0 Å². The molecule has 29 heavy (non-hydrogen) atoms. The molecule has 0 unspecified atom stereocenters. The SMILES string of the molecule is N#C/C(=C/NCCN1C(=O)CSC1=O)C(=O)N1CCC(Cc2ccccc2)CC1. The van der Waals surface area contributed by atoms with E-state index in [0.29, 0.717) is 25.6 Å². The van der Waals surface area contributed by atoms with Crippen LogP contribution in [0.25, 0.3) is 0 Å². The summed E-state index contributed by atoms with van der Waals surface area (Å²) in [5.41, 5.74) is 1.35. The Bertz CT molecular complexity index is 810. The van der Waals surface area contributed by atoms with Crippen LogP contribution in [0.3, 0.4) is 0 Å². The lowest BCUT2D eigenvalue weighted by atomic mass is 9.90. The van der Waals surface area contributed by atoms with Crippen molar-refractivity contribution < 1.29 is 14.4 Å². The van der Waals surface area contributed by atoms with E-state index in [1.54, 1.807) is 4.90 Å². The van der Waals surface area contributed by atoms with E-state index in [1.165, 1.54) is 16.7 Å². The lowest BCUT2D eigenvalue weighted by molar-refractivity contribution is -0.128. The maximum atomic E-state index is 12.6. The summed E-state index contributed by atoms with van der Waals surface area (Å²) in [5.74, 6) is 0.238. The fourth-order valence-corrected chi connectivity index (χ4v) is 4.30. The third-order valence-corrected chi connectivity index (χ3v) is 6.05. The highest BCUT2D eigenvalue weighted by Gasteiger charge is 2.29. The molecule has 0 bridgehead atoms. The average Bonchev–Trinajstić information content (AvgIpc) is 3.06. The van der Waals surface area contributed by atoms with Gasteiger partial charge in [0.1, 0.15) is 11.6 Å². The number of likely N-dealkylation sites (tertiary alicyclic amines) is 1. The van der Waals surface area contributed by atoms with Gasteiger partial charge in [0.05, 0.1) is 5.75 Å². The zero-order valence-electron chi connectivity index (χ0n) is 16.2. The number of hydrogen-bond acceptors (Lipinski definition) is 6. The Morgan fingerprint density at radius 3 is 2.59 bits per heavy atom. The van der Waals surface area contributed by atoms with Gasteiger partial charge in [0, 0.05) is 32.4 Å². The van der Waals surface area contributed by atoms with E-state index in [1.807, 2.05) is 24.3 Å². The van der Waals surface area contributed by atoms with Gasteiger partial charge >= 0.3 is 0 Å². The molecule has 0 aromatic heterocycles. The third kappa shape index (κ3) is 5.61.